The molecule has 2 heterocycles. The van der Waals surface area contributed by atoms with E-state index in [1.165, 1.54) is 12.1 Å². The molecule has 2 aromatic rings. The minimum absolute atomic E-state index is 0.0597. The van der Waals surface area contributed by atoms with E-state index in [-0.39, 0.29) is 11.9 Å². The molecule has 5 heteroatoms. The quantitative estimate of drug-likeness (QED) is 0.882. The third-order valence-electron chi connectivity index (χ3n) is 4.81. The number of nitrogens with zero attached hydrogens (tertiary/aromatic N) is 2. The highest BCUT2D eigenvalue weighted by Crippen LogP contribution is 2.23. The number of hydrogen-bond acceptors (Lipinski definition) is 4. The first-order valence-corrected chi connectivity index (χ1v) is 8.58. The number of nitrogens with one attached hydrogen (secondary N) is 1. The van der Waals surface area contributed by atoms with Gasteiger partial charge in [-0.25, -0.2) is 4.39 Å². The molecule has 2 atom stereocenters. The van der Waals surface area contributed by atoms with Crippen LogP contribution in [0.25, 0.3) is 0 Å². The number of likely N-dealkylation sites (N-methyl/N-ethyl adjacent to an activating group) is 1. The van der Waals surface area contributed by atoms with E-state index in [0.717, 1.165) is 44.0 Å². The minimum Gasteiger partial charge on any atom is -0.467 e. The maximum atomic E-state index is 13.2. The molecule has 0 radical (unpaired) electrons. The van der Waals surface area contributed by atoms with Crippen molar-refractivity contribution >= 4 is 0 Å². The van der Waals surface area contributed by atoms with E-state index < -0.39 is 0 Å². The van der Waals surface area contributed by atoms with E-state index in [0.29, 0.717) is 6.04 Å². The van der Waals surface area contributed by atoms with Gasteiger partial charge in [-0.2, -0.15) is 0 Å². The Morgan fingerprint density at radius 3 is 2.46 bits per heavy atom. The maximum Gasteiger partial charge on any atom is 0.125 e. The van der Waals surface area contributed by atoms with E-state index >= 15 is 0 Å². The van der Waals surface area contributed by atoms with Crippen molar-refractivity contribution < 1.29 is 8.81 Å². The first-order chi connectivity index (χ1) is 11.6. The number of rotatable bonds is 6. The second kappa shape index (κ2) is 7.92. The summed E-state index contributed by atoms with van der Waals surface area (Å²) < 4.78 is 18.8. The summed E-state index contributed by atoms with van der Waals surface area (Å²) in [6.07, 6.45) is 1.68. The van der Waals surface area contributed by atoms with Gasteiger partial charge in [0.15, 0.2) is 0 Å². The van der Waals surface area contributed by atoms with Crippen LogP contribution in [0, 0.1) is 5.82 Å². The molecular formula is C19H26FN3O. The lowest BCUT2D eigenvalue weighted by Gasteiger charge is -2.37. The van der Waals surface area contributed by atoms with Gasteiger partial charge >= 0.3 is 0 Å². The van der Waals surface area contributed by atoms with Crippen LogP contribution in [0.5, 0.6) is 0 Å². The molecule has 1 aliphatic heterocycles. The average molecular weight is 331 g/mol. The van der Waals surface area contributed by atoms with Crippen molar-refractivity contribution in [1.29, 1.82) is 0 Å². The van der Waals surface area contributed by atoms with Gasteiger partial charge < -0.3 is 14.6 Å². The monoisotopic (exact) mass is 331 g/mol. The van der Waals surface area contributed by atoms with E-state index in [1.807, 2.05) is 24.3 Å². The summed E-state index contributed by atoms with van der Waals surface area (Å²) in [5.41, 5.74) is 1.01. The normalized spacial score (nSPS) is 19.3. The summed E-state index contributed by atoms with van der Waals surface area (Å²) in [6, 6.07) is 10.9. The van der Waals surface area contributed by atoms with E-state index in [9.17, 15) is 4.39 Å². The zero-order valence-electron chi connectivity index (χ0n) is 14.4. The number of piperazine rings is 1. The number of halogens is 1. The van der Waals surface area contributed by atoms with Crippen LogP contribution >= 0.6 is 0 Å². The standard InChI is InChI=1S/C19H26FN3O/c1-15(23-11-9-22(2)10-12-23)14-21-19(18-4-3-13-24-18)16-5-7-17(20)8-6-16/h3-8,13,15,19,21H,9-12,14H2,1-2H3/t15-,19+/m0/s1. The van der Waals surface area contributed by atoms with Crippen LogP contribution in [0.15, 0.2) is 47.1 Å². The molecule has 0 bridgehead atoms. The first kappa shape index (κ1) is 17.1. The Kier molecular flexibility index (Phi) is 5.66. The molecule has 24 heavy (non-hydrogen) atoms. The van der Waals surface area contributed by atoms with Crippen LogP contribution in [0.1, 0.15) is 24.3 Å². The smallest absolute Gasteiger partial charge is 0.125 e. The number of hydrogen-bond donors (Lipinski definition) is 1. The van der Waals surface area contributed by atoms with Crippen LogP contribution < -0.4 is 5.32 Å². The molecule has 1 aromatic carbocycles. The molecular weight excluding hydrogens is 305 g/mol. The van der Waals surface area contributed by atoms with Gasteiger partial charge in [0, 0.05) is 38.8 Å². The second-order valence-electron chi connectivity index (χ2n) is 6.60. The first-order valence-electron chi connectivity index (χ1n) is 8.58. The second-order valence-corrected chi connectivity index (χ2v) is 6.60. The molecule has 3 rings (SSSR count). The molecule has 4 nitrogen and oxygen atoms in total. The summed E-state index contributed by atoms with van der Waals surface area (Å²) in [6.45, 7) is 7.53. The highest BCUT2D eigenvalue weighted by Gasteiger charge is 2.22. The van der Waals surface area contributed by atoms with Gasteiger partial charge in [0.05, 0.1) is 12.3 Å². The summed E-state index contributed by atoms with van der Waals surface area (Å²) in [4.78, 5) is 4.87. The van der Waals surface area contributed by atoms with Crippen LogP contribution in [0.3, 0.4) is 0 Å². The van der Waals surface area contributed by atoms with Gasteiger partial charge in [-0.05, 0) is 43.8 Å². The van der Waals surface area contributed by atoms with E-state index in [2.05, 4.69) is 29.1 Å². The van der Waals surface area contributed by atoms with Gasteiger partial charge in [-0.15, -0.1) is 0 Å². The third-order valence-corrected chi connectivity index (χ3v) is 4.81. The molecule has 0 aliphatic carbocycles. The molecule has 130 valence electrons. The topological polar surface area (TPSA) is 31.7 Å². The van der Waals surface area contributed by atoms with Crippen molar-refractivity contribution in [3.05, 3.63) is 59.8 Å². The molecule has 0 amide bonds. The Labute approximate surface area is 143 Å². The van der Waals surface area contributed by atoms with Crippen molar-refractivity contribution in [2.24, 2.45) is 0 Å². The van der Waals surface area contributed by atoms with Gasteiger partial charge in [0.1, 0.15) is 11.6 Å². The molecule has 0 spiro atoms. The third kappa shape index (κ3) is 4.23. The summed E-state index contributed by atoms with van der Waals surface area (Å²) >= 11 is 0. The van der Waals surface area contributed by atoms with Crippen molar-refractivity contribution in [2.75, 3.05) is 39.8 Å². The fourth-order valence-electron chi connectivity index (χ4n) is 3.17. The lowest BCUT2D eigenvalue weighted by Crippen LogP contribution is -2.51. The Hall–Kier alpha value is -1.69. The minimum atomic E-state index is -0.220. The van der Waals surface area contributed by atoms with Crippen LogP contribution in [-0.4, -0.2) is 55.6 Å². The maximum absolute atomic E-state index is 13.2. The predicted octanol–water partition coefficient (Wildman–Crippen LogP) is 2.73. The average Bonchev–Trinajstić information content (AvgIpc) is 3.11. The van der Waals surface area contributed by atoms with Crippen LogP contribution in [0.2, 0.25) is 0 Å². The fraction of sp³-hybridized carbons (Fsp3) is 0.474. The van der Waals surface area contributed by atoms with Gasteiger partial charge in [-0.1, -0.05) is 12.1 Å². The fourth-order valence-corrected chi connectivity index (χ4v) is 3.17. The molecule has 0 saturated carbocycles. The van der Waals surface area contributed by atoms with Crippen molar-refractivity contribution in [3.63, 3.8) is 0 Å². The van der Waals surface area contributed by atoms with Crippen LogP contribution in [0.4, 0.5) is 4.39 Å². The molecule has 0 unspecified atom stereocenters. The van der Waals surface area contributed by atoms with Gasteiger partial charge in [-0.3, -0.25) is 4.90 Å². The SMILES string of the molecule is C[C@@H](CN[C@H](c1ccc(F)cc1)c1ccco1)N1CCN(C)CC1. The van der Waals surface area contributed by atoms with E-state index in [4.69, 9.17) is 4.42 Å². The molecule has 1 N–H and O–H groups in total. The Morgan fingerprint density at radius 2 is 1.83 bits per heavy atom. The van der Waals surface area contributed by atoms with Crippen molar-refractivity contribution in [1.82, 2.24) is 15.1 Å². The Bertz CT molecular complexity index is 606. The lowest BCUT2D eigenvalue weighted by molar-refractivity contribution is 0.116. The highest BCUT2D eigenvalue weighted by molar-refractivity contribution is 5.27. The number of furan rings is 1. The summed E-state index contributed by atoms with van der Waals surface area (Å²) in [5.74, 6) is 0.634. The van der Waals surface area contributed by atoms with E-state index in [1.54, 1.807) is 6.26 Å². The van der Waals surface area contributed by atoms with Gasteiger partial charge in [0.2, 0.25) is 0 Å². The zero-order valence-corrected chi connectivity index (χ0v) is 14.4. The zero-order chi connectivity index (χ0) is 16.9. The summed E-state index contributed by atoms with van der Waals surface area (Å²) in [5, 5.41) is 3.59. The molecule has 1 aromatic heterocycles. The summed E-state index contributed by atoms with van der Waals surface area (Å²) in [7, 11) is 2.17. The van der Waals surface area contributed by atoms with Crippen molar-refractivity contribution in [2.45, 2.75) is 19.0 Å². The Balaban J connectivity index is 1.65. The molecule has 1 fully saturated rings. The highest BCUT2D eigenvalue weighted by atomic mass is 19.1. The molecule has 1 aliphatic rings. The molecule has 1 saturated heterocycles. The largest absolute Gasteiger partial charge is 0.467 e. The Morgan fingerprint density at radius 1 is 1.12 bits per heavy atom. The lowest BCUT2D eigenvalue weighted by atomic mass is 10.0. The number of benzene rings is 1. The predicted molar refractivity (Wildman–Crippen MR) is 93.5 cm³/mol. The van der Waals surface area contributed by atoms with Crippen LogP contribution in [-0.2, 0) is 0 Å². The van der Waals surface area contributed by atoms with Gasteiger partial charge in [0.25, 0.3) is 0 Å². The van der Waals surface area contributed by atoms with Crippen molar-refractivity contribution in [3.8, 4) is 0 Å².